The maximum Gasteiger partial charge on any atom is 0.185 e. The van der Waals surface area contributed by atoms with E-state index in [9.17, 15) is 20.1 Å². The normalized spacial score (nSPS) is 11.2. The molecule has 0 amide bonds. The second-order valence-corrected chi connectivity index (χ2v) is 8.58. The summed E-state index contributed by atoms with van der Waals surface area (Å²) in [6.45, 7) is 2.24. The third-order valence-electron chi connectivity index (χ3n) is 4.98. The first-order valence-electron chi connectivity index (χ1n) is 10.7. The largest absolute Gasteiger partial charge is 0.507 e. The summed E-state index contributed by atoms with van der Waals surface area (Å²) in [6, 6.07) is 9.90. The molecule has 0 saturated heterocycles. The molecule has 162 valence electrons. The summed E-state index contributed by atoms with van der Waals surface area (Å²) in [7, 11) is 0. The van der Waals surface area contributed by atoms with E-state index >= 15 is 0 Å². The average molecular weight is 429 g/mol. The van der Waals surface area contributed by atoms with Crippen LogP contribution in [0.3, 0.4) is 0 Å². The number of unbranched alkanes of at least 4 members (excludes halogenated alkanes) is 7. The molecular weight excluding hydrogens is 396 g/mol. The standard InChI is InChI=1S/C25H32O4S/c1-2-3-4-5-6-7-8-9-18-30-20-12-10-19(11-13-20)22(26)15-14-21-23(27)16-17-24(28)25(21)29/h10-17,27-29H,2-9,18H2,1H3/b15-14+. The zero-order valence-electron chi connectivity index (χ0n) is 17.6. The third-order valence-corrected chi connectivity index (χ3v) is 6.08. The predicted molar refractivity (Wildman–Crippen MR) is 125 cm³/mol. The zero-order valence-corrected chi connectivity index (χ0v) is 18.5. The summed E-state index contributed by atoms with van der Waals surface area (Å²) in [5.41, 5.74) is 0.544. The highest BCUT2D eigenvalue weighted by molar-refractivity contribution is 7.99. The average Bonchev–Trinajstić information content (AvgIpc) is 2.75. The van der Waals surface area contributed by atoms with E-state index in [1.807, 2.05) is 12.1 Å². The van der Waals surface area contributed by atoms with E-state index in [1.54, 1.807) is 23.9 Å². The van der Waals surface area contributed by atoms with Crippen molar-refractivity contribution >= 4 is 23.6 Å². The third kappa shape index (κ3) is 7.79. The first-order chi connectivity index (χ1) is 14.5. The van der Waals surface area contributed by atoms with Gasteiger partial charge in [-0.2, -0.15) is 0 Å². The van der Waals surface area contributed by atoms with E-state index in [1.165, 1.54) is 75.7 Å². The number of thioether (sulfide) groups is 1. The first-order valence-corrected chi connectivity index (χ1v) is 11.7. The summed E-state index contributed by atoms with van der Waals surface area (Å²) in [5, 5.41) is 29.1. The molecule has 0 fully saturated rings. The van der Waals surface area contributed by atoms with Crippen LogP contribution in [0.15, 0.2) is 47.4 Å². The zero-order chi connectivity index (χ0) is 21.8. The highest BCUT2D eigenvalue weighted by atomic mass is 32.2. The lowest BCUT2D eigenvalue weighted by Crippen LogP contribution is -1.94. The Morgan fingerprint density at radius 2 is 1.43 bits per heavy atom. The van der Waals surface area contributed by atoms with Crippen molar-refractivity contribution < 1.29 is 20.1 Å². The summed E-state index contributed by atoms with van der Waals surface area (Å²) >= 11 is 1.81. The van der Waals surface area contributed by atoms with Gasteiger partial charge in [0.2, 0.25) is 0 Å². The maximum atomic E-state index is 12.3. The molecule has 0 spiro atoms. The molecule has 0 radical (unpaired) electrons. The van der Waals surface area contributed by atoms with E-state index in [-0.39, 0.29) is 22.8 Å². The van der Waals surface area contributed by atoms with Crippen LogP contribution in [0.4, 0.5) is 0 Å². The van der Waals surface area contributed by atoms with Gasteiger partial charge in [0.25, 0.3) is 0 Å². The van der Waals surface area contributed by atoms with E-state index in [4.69, 9.17) is 0 Å². The van der Waals surface area contributed by atoms with Crippen LogP contribution in [0.1, 0.15) is 74.2 Å². The number of phenolic OH excluding ortho intramolecular Hbond substituents is 3. The summed E-state index contributed by atoms with van der Waals surface area (Å²) < 4.78 is 0. The van der Waals surface area contributed by atoms with Crippen molar-refractivity contribution in [2.24, 2.45) is 0 Å². The quantitative estimate of drug-likeness (QED) is 0.0805. The van der Waals surface area contributed by atoms with Gasteiger partial charge in [-0.15, -0.1) is 11.8 Å². The number of allylic oxidation sites excluding steroid dienone is 1. The Labute approximate surface area is 183 Å². The maximum absolute atomic E-state index is 12.3. The van der Waals surface area contributed by atoms with Gasteiger partial charge in [0.1, 0.15) is 5.75 Å². The molecule has 30 heavy (non-hydrogen) atoms. The fourth-order valence-electron chi connectivity index (χ4n) is 3.15. The van der Waals surface area contributed by atoms with Crippen LogP contribution in [0.2, 0.25) is 0 Å². The van der Waals surface area contributed by atoms with E-state index in [0.717, 1.165) is 10.6 Å². The lowest BCUT2D eigenvalue weighted by Gasteiger charge is -2.05. The second-order valence-electron chi connectivity index (χ2n) is 7.41. The molecule has 0 aromatic heterocycles. The number of benzene rings is 2. The van der Waals surface area contributed by atoms with Crippen molar-refractivity contribution in [3.8, 4) is 17.2 Å². The van der Waals surface area contributed by atoms with Gasteiger partial charge >= 0.3 is 0 Å². The highest BCUT2D eigenvalue weighted by Crippen LogP contribution is 2.35. The summed E-state index contributed by atoms with van der Waals surface area (Å²) in [4.78, 5) is 13.5. The van der Waals surface area contributed by atoms with Gasteiger partial charge in [-0.1, -0.05) is 51.9 Å². The lowest BCUT2D eigenvalue weighted by molar-refractivity contribution is 0.104. The fourth-order valence-corrected chi connectivity index (χ4v) is 4.06. The number of aromatic hydroxyl groups is 3. The molecule has 0 aliphatic carbocycles. The van der Waals surface area contributed by atoms with Gasteiger partial charge in [0.05, 0.1) is 5.56 Å². The molecule has 0 heterocycles. The SMILES string of the molecule is CCCCCCCCCCSc1ccc(C(=O)/C=C/c2c(O)ccc(O)c2O)cc1. The van der Waals surface area contributed by atoms with Gasteiger partial charge in [0, 0.05) is 10.5 Å². The minimum atomic E-state index is -0.452. The van der Waals surface area contributed by atoms with Crippen molar-refractivity contribution in [3.05, 3.63) is 53.6 Å². The van der Waals surface area contributed by atoms with Gasteiger partial charge < -0.3 is 15.3 Å². The van der Waals surface area contributed by atoms with Gasteiger partial charge in [0.15, 0.2) is 17.3 Å². The fraction of sp³-hybridized carbons (Fsp3) is 0.400. The van der Waals surface area contributed by atoms with Crippen molar-refractivity contribution in [1.82, 2.24) is 0 Å². The van der Waals surface area contributed by atoms with Crippen molar-refractivity contribution in [1.29, 1.82) is 0 Å². The molecule has 0 atom stereocenters. The molecule has 0 bridgehead atoms. The molecule has 0 saturated carbocycles. The predicted octanol–water partition coefficient (Wildman–Crippen LogP) is 6.93. The number of hydrogen-bond donors (Lipinski definition) is 3. The van der Waals surface area contributed by atoms with Gasteiger partial charge in [-0.05, 0) is 60.7 Å². The van der Waals surface area contributed by atoms with Crippen LogP contribution in [0.25, 0.3) is 6.08 Å². The number of rotatable bonds is 13. The Kier molecular flexibility index (Phi) is 10.4. The smallest absolute Gasteiger partial charge is 0.185 e. The Morgan fingerprint density at radius 3 is 2.10 bits per heavy atom. The molecule has 5 heteroatoms. The first kappa shape index (κ1) is 23.9. The molecule has 3 N–H and O–H groups in total. The second kappa shape index (κ2) is 13.0. The van der Waals surface area contributed by atoms with E-state index in [2.05, 4.69) is 6.92 Å². The Hall–Kier alpha value is -2.40. The number of carbonyl (C=O) groups is 1. The summed E-state index contributed by atoms with van der Waals surface area (Å²) in [5.74, 6) is -0.165. The monoisotopic (exact) mass is 428 g/mol. The minimum absolute atomic E-state index is 0.0147. The molecular formula is C25H32O4S. The van der Waals surface area contributed by atoms with Crippen LogP contribution in [-0.2, 0) is 0 Å². The number of phenols is 3. The molecule has 0 aliphatic rings. The molecule has 0 aliphatic heterocycles. The Bertz CT molecular complexity index is 828. The molecule has 2 aromatic carbocycles. The van der Waals surface area contributed by atoms with Crippen LogP contribution in [-0.4, -0.2) is 26.9 Å². The van der Waals surface area contributed by atoms with E-state index in [0.29, 0.717) is 5.56 Å². The molecule has 4 nitrogen and oxygen atoms in total. The van der Waals surface area contributed by atoms with Crippen LogP contribution in [0.5, 0.6) is 17.2 Å². The highest BCUT2D eigenvalue weighted by Gasteiger charge is 2.10. The Morgan fingerprint density at radius 1 is 0.833 bits per heavy atom. The van der Waals surface area contributed by atoms with Crippen molar-refractivity contribution in [2.75, 3.05) is 5.75 Å². The number of carbonyl (C=O) groups excluding carboxylic acids is 1. The van der Waals surface area contributed by atoms with Crippen molar-refractivity contribution in [3.63, 3.8) is 0 Å². The Balaban J connectivity index is 1.76. The minimum Gasteiger partial charge on any atom is -0.507 e. The molecule has 0 unspecified atom stereocenters. The van der Waals surface area contributed by atoms with E-state index < -0.39 is 5.75 Å². The number of ketones is 1. The van der Waals surface area contributed by atoms with Gasteiger partial charge in [-0.3, -0.25) is 4.79 Å². The number of hydrogen-bond acceptors (Lipinski definition) is 5. The van der Waals surface area contributed by atoms with Crippen LogP contribution in [0, 0.1) is 0 Å². The van der Waals surface area contributed by atoms with Crippen molar-refractivity contribution in [2.45, 2.75) is 63.2 Å². The van der Waals surface area contributed by atoms with Crippen LogP contribution < -0.4 is 0 Å². The van der Waals surface area contributed by atoms with Gasteiger partial charge in [-0.25, -0.2) is 0 Å². The summed E-state index contributed by atoms with van der Waals surface area (Å²) in [6.07, 6.45) is 13.1. The molecule has 2 aromatic rings. The lowest BCUT2D eigenvalue weighted by atomic mass is 10.1. The van der Waals surface area contributed by atoms with Crippen LogP contribution >= 0.6 is 11.8 Å². The molecule has 2 rings (SSSR count). The topological polar surface area (TPSA) is 77.8 Å².